The van der Waals surface area contributed by atoms with E-state index in [0.29, 0.717) is 11.3 Å². The van der Waals surface area contributed by atoms with Crippen molar-refractivity contribution in [1.29, 1.82) is 0 Å². The Hall–Kier alpha value is -1.64. The van der Waals surface area contributed by atoms with E-state index in [4.69, 9.17) is 4.74 Å². The van der Waals surface area contributed by atoms with Crippen LogP contribution in [0.1, 0.15) is 18.1 Å². The molecule has 0 radical (unpaired) electrons. The van der Waals surface area contributed by atoms with E-state index >= 15 is 0 Å². The molecule has 0 spiro atoms. The first-order chi connectivity index (χ1) is 7.38. The lowest BCUT2D eigenvalue weighted by Crippen LogP contribution is -2.17. The number of alkyl halides is 2. The Labute approximate surface area is 93.0 Å². The van der Waals surface area contributed by atoms with Crippen LogP contribution in [0.3, 0.4) is 0 Å². The minimum absolute atomic E-state index is 0.0394. The van der Waals surface area contributed by atoms with Crippen molar-refractivity contribution in [2.24, 2.45) is 0 Å². The Kier molecular flexibility index (Phi) is 2.34. The van der Waals surface area contributed by atoms with Gasteiger partial charge in [0, 0.05) is 18.1 Å². The predicted octanol–water partition coefficient (Wildman–Crippen LogP) is 3.94. The van der Waals surface area contributed by atoms with Gasteiger partial charge in [-0.15, -0.1) is 0 Å². The van der Waals surface area contributed by atoms with Crippen LogP contribution in [0.5, 0.6) is 5.75 Å². The van der Waals surface area contributed by atoms with Crippen LogP contribution in [0.25, 0.3) is 5.57 Å². The van der Waals surface area contributed by atoms with Crippen LogP contribution in [-0.2, 0) is 0 Å². The molecule has 0 saturated heterocycles. The maximum absolute atomic E-state index is 13.4. The molecule has 1 aliphatic heterocycles. The number of hydrogen-bond donors (Lipinski definition) is 0. The highest BCUT2D eigenvalue weighted by Gasteiger charge is 2.33. The van der Waals surface area contributed by atoms with E-state index < -0.39 is 5.92 Å². The Morgan fingerprint density at radius 1 is 1.31 bits per heavy atom. The molecular formula is C13H12F2O. The monoisotopic (exact) mass is 222 g/mol. The summed E-state index contributed by atoms with van der Waals surface area (Å²) in [5.41, 5.74) is 1.33. The lowest BCUT2D eigenvalue weighted by atomic mass is 9.95. The maximum atomic E-state index is 13.4. The number of fused-ring (bicyclic) bond motifs is 1. The van der Waals surface area contributed by atoms with Gasteiger partial charge in [-0.3, -0.25) is 0 Å². The smallest absolute Gasteiger partial charge is 0.271 e. The second-order valence-corrected chi connectivity index (χ2v) is 4.01. The summed E-state index contributed by atoms with van der Waals surface area (Å²) in [4.78, 5) is 0. The van der Waals surface area contributed by atoms with Gasteiger partial charge in [0.2, 0.25) is 0 Å². The number of allylic oxidation sites excluding steroid dienone is 2. The summed E-state index contributed by atoms with van der Waals surface area (Å²) in [7, 11) is 0. The van der Waals surface area contributed by atoms with Gasteiger partial charge in [0.15, 0.2) is 0 Å². The summed E-state index contributed by atoms with van der Waals surface area (Å²) >= 11 is 0. The molecule has 1 aliphatic rings. The molecule has 1 nitrogen and oxygen atoms in total. The number of aryl methyl sites for hydroxylation is 1. The number of rotatable bonds is 1. The molecule has 0 atom stereocenters. The summed E-state index contributed by atoms with van der Waals surface area (Å²) in [5, 5.41) is 0. The fraction of sp³-hybridized carbons (Fsp3) is 0.231. The highest BCUT2D eigenvalue weighted by molar-refractivity contribution is 5.78. The minimum atomic E-state index is -2.89. The second-order valence-electron chi connectivity index (χ2n) is 4.01. The minimum Gasteiger partial charge on any atom is -0.457 e. The van der Waals surface area contributed by atoms with E-state index in [1.54, 1.807) is 12.1 Å². The molecule has 16 heavy (non-hydrogen) atoms. The summed E-state index contributed by atoms with van der Waals surface area (Å²) in [6, 6.07) is 5.21. The molecule has 0 bridgehead atoms. The summed E-state index contributed by atoms with van der Waals surface area (Å²) in [6.07, 6.45) is 1.29. The van der Waals surface area contributed by atoms with Crippen molar-refractivity contribution >= 4 is 5.57 Å². The third-order valence-corrected chi connectivity index (χ3v) is 2.44. The molecule has 1 aromatic carbocycles. The van der Waals surface area contributed by atoms with Crippen molar-refractivity contribution in [1.82, 2.24) is 0 Å². The van der Waals surface area contributed by atoms with E-state index in [2.05, 4.69) is 6.58 Å². The summed E-state index contributed by atoms with van der Waals surface area (Å²) in [6.45, 7) is 6.30. The van der Waals surface area contributed by atoms with Gasteiger partial charge >= 0.3 is 0 Å². The van der Waals surface area contributed by atoms with Gasteiger partial charge < -0.3 is 4.74 Å². The lowest BCUT2D eigenvalue weighted by molar-refractivity contribution is 0.0882. The zero-order valence-corrected chi connectivity index (χ0v) is 9.18. The van der Waals surface area contributed by atoms with Crippen molar-refractivity contribution < 1.29 is 13.5 Å². The largest absolute Gasteiger partial charge is 0.457 e. The number of hydrogen-bond acceptors (Lipinski definition) is 1. The van der Waals surface area contributed by atoms with Gasteiger partial charge in [0.1, 0.15) is 11.5 Å². The highest BCUT2D eigenvalue weighted by Crippen LogP contribution is 2.41. The third kappa shape index (κ3) is 1.85. The maximum Gasteiger partial charge on any atom is 0.271 e. The topological polar surface area (TPSA) is 9.23 Å². The average molecular weight is 222 g/mol. The van der Waals surface area contributed by atoms with Crippen molar-refractivity contribution in [2.75, 3.05) is 0 Å². The summed E-state index contributed by atoms with van der Waals surface area (Å²) < 4.78 is 32.2. The van der Waals surface area contributed by atoms with E-state index in [0.717, 1.165) is 12.5 Å². The van der Waals surface area contributed by atoms with Gasteiger partial charge in [0.05, 0.1) is 0 Å². The van der Waals surface area contributed by atoms with Crippen molar-refractivity contribution in [3.63, 3.8) is 0 Å². The van der Waals surface area contributed by atoms with Crippen molar-refractivity contribution in [3.05, 3.63) is 47.7 Å². The zero-order valence-electron chi connectivity index (χ0n) is 9.18. The predicted molar refractivity (Wildman–Crippen MR) is 59.5 cm³/mol. The molecule has 0 N–H and O–H groups in total. The SMILES string of the molecule is C=C1C=C(C(C)(F)F)c2cc(C)ccc2O1. The average Bonchev–Trinajstić information content (AvgIpc) is 2.16. The first kappa shape index (κ1) is 10.9. The molecule has 0 aliphatic carbocycles. The van der Waals surface area contributed by atoms with Gasteiger partial charge in [0.25, 0.3) is 5.92 Å². The van der Waals surface area contributed by atoms with Crippen LogP contribution in [0.4, 0.5) is 8.78 Å². The Morgan fingerprint density at radius 2 is 2.00 bits per heavy atom. The molecule has 0 unspecified atom stereocenters. The highest BCUT2D eigenvalue weighted by atomic mass is 19.3. The van der Waals surface area contributed by atoms with Crippen LogP contribution in [-0.4, -0.2) is 5.92 Å². The zero-order chi connectivity index (χ0) is 11.9. The molecule has 0 aromatic heterocycles. The fourth-order valence-electron chi connectivity index (χ4n) is 1.72. The van der Waals surface area contributed by atoms with Gasteiger partial charge in [-0.2, -0.15) is 0 Å². The first-order valence-electron chi connectivity index (χ1n) is 4.96. The van der Waals surface area contributed by atoms with Gasteiger partial charge in [-0.1, -0.05) is 18.2 Å². The van der Waals surface area contributed by atoms with E-state index in [9.17, 15) is 8.78 Å². The van der Waals surface area contributed by atoms with Gasteiger partial charge in [-0.05, 0) is 25.1 Å². The molecule has 84 valence electrons. The summed E-state index contributed by atoms with van der Waals surface area (Å²) in [5.74, 6) is -2.21. The van der Waals surface area contributed by atoms with Crippen molar-refractivity contribution in [3.8, 4) is 5.75 Å². The number of benzene rings is 1. The van der Waals surface area contributed by atoms with Crippen LogP contribution in [0.15, 0.2) is 36.6 Å². The van der Waals surface area contributed by atoms with Crippen LogP contribution in [0, 0.1) is 6.92 Å². The van der Waals surface area contributed by atoms with Crippen LogP contribution < -0.4 is 4.74 Å². The Balaban J connectivity index is 2.62. The fourth-order valence-corrected chi connectivity index (χ4v) is 1.72. The van der Waals surface area contributed by atoms with Crippen LogP contribution >= 0.6 is 0 Å². The molecule has 0 saturated carbocycles. The number of halogens is 2. The van der Waals surface area contributed by atoms with Crippen LogP contribution in [0.2, 0.25) is 0 Å². The standard InChI is InChI=1S/C13H12F2O/c1-8-4-5-12-10(6-8)11(13(3,14)15)7-9(2)16-12/h4-7H,2H2,1,3H3. The third-order valence-electron chi connectivity index (χ3n) is 2.44. The molecular weight excluding hydrogens is 210 g/mol. The molecule has 1 heterocycles. The van der Waals surface area contributed by atoms with E-state index in [-0.39, 0.29) is 11.3 Å². The molecule has 0 fully saturated rings. The van der Waals surface area contributed by atoms with Gasteiger partial charge in [-0.25, -0.2) is 8.78 Å². The first-order valence-corrected chi connectivity index (χ1v) is 4.96. The van der Waals surface area contributed by atoms with E-state index in [1.807, 2.05) is 13.0 Å². The Morgan fingerprint density at radius 3 is 2.62 bits per heavy atom. The Bertz CT molecular complexity index is 481. The molecule has 2 rings (SSSR count). The quantitative estimate of drug-likeness (QED) is 0.699. The normalized spacial score (nSPS) is 15.2. The lowest BCUT2D eigenvalue weighted by Gasteiger charge is -2.23. The second kappa shape index (κ2) is 3.44. The number of ether oxygens (including phenoxy) is 1. The van der Waals surface area contributed by atoms with E-state index in [1.165, 1.54) is 6.08 Å². The van der Waals surface area contributed by atoms with Crippen molar-refractivity contribution in [2.45, 2.75) is 19.8 Å². The molecule has 3 heteroatoms. The molecule has 0 amide bonds. The molecule has 1 aromatic rings.